The van der Waals surface area contributed by atoms with E-state index in [0.29, 0.717) is 5.82 Å². The molecule has 2 rings (SSSR count). The molecule has 0 atom stereocenters. The van der Waals surface area contributed by atoms with Gasteiger partial charge in [-0.3, -0.25) is 0 Å². The molecule has 19 heavy (non-hydrogen) atoms. The molecule has 3 N–H and O–H groups in total. The Bertz CT molecular complexity index is 603. The summed E-state index contributed by atoms with van der Waals surface area (Å²) in [7, 11) is 0. The third kappa shape index (κ3) is 2.94. The molecule has 98 valence electrons. The zero-order valence-electron chi connectivity index (χ0n) is 11.4. The Labute approximate surface area is 114 Å². The van der Waals surface area contributed by atoms with E-state index < -0.39 is 0 Å². The van der Waals surface area contributed by atoms with Gasteiger partial charge in [-0.1, -0.05) is 25.6 Å². The van der Waals surface area contributed by atoms with Crippen molar-refractivity contribution in [3.8, 4) is 0 Å². The Hall–Kier alpha value is -2.29. The van der Waals surface area contributed by atoms with Crippen LogP contribution in [0.5, 0.6) is 0 Å². The number of nitrogen functional groups attached to an aromatic ring is 1. The third-order valence-corrected chi connectivity index (χ3v) is 3.12. The van der Waals surface area contributed by atoms with E-state index in [9.17, 15) is 0 Å². The van der Waals surface area contributed by atoms with Gasteiger partial charge in [0.2, 0.25) is 0 Å². The first-order chi connectivity index (χ1) is 9.13. The van der Waals surface area contributed by atoms with Crippen LogP contribution in [0.3, 0.4) is 0 Å². The normalized spacial score (nSPS) is 10.2. The van der Waals surface area contributed by atoms with Gasteiger partial charge in [0.25, 0.3) is 0 Å². The van der Waals surface area contributed by atoms with Gasteiger partial charge < -0.3 is 11.1 Å². The molecule has 0 aliphatic rings. The van der Waals surface area contributed by atoms with Crippen molar-refractivity contribution in [2.24, 2.45) is 0 Å². The van der Waals surface area contributed by atoms with E-state index >= 15 is 0 Å². The molecule has 0 radical (unpaired) electrons. The molecule has 0 aliphatic heterocycles. The van der Waals surface area contributed by atoms with Gasteiger partial charge in [-0.05, 0) is 42.7 Å². The number of aryl methyl sites for hydroxylation is 1. The number of hydrogen-bond donors (Lipinski definition) is 2. The molecule has 1 heterocycles. The predicted molar refractivity (Wildman–Crippen MR) is 82.6 cm³/mol. The quantitative estimate of drug-likeness (QED) is 0.868. The van der Waals surface area contributed by atoms with E-state index in [0.717, 1.165) is 23.5 Å². The molecule has 0 fully saturated rings. The van der Waals surface area contributed by atoms with Crippen LogP contribution in [0.1, 0.15) is 23.7 Å². The average Bonchev–Trinajstić information content (AvgIpc) is 2.38. The van der Waals surface area contributed by atoms with Gasteiger partial charge in [0, 0.05) is 17.4 Å². The number of nitrogens with zero attached hydrogens (tertiary/aromatic N) is 1. The highest BCUT2D eigenvalue weighted by Crippen LogP contribution is 2.25. The summed E-state index contributed by atoms with van der Waals surface area (Å²) in [4.78, 5) is 4.17. The summed E-state index contributed by atoms with van der Waals surface area (Å²) >= 11 is 0. The lowest BCUT2D eigenvalue weighted by Gasteiger charge is -2.14. The predicted octanol–water partition coefficient (Wildman–Crippen LogP) is 3.92. The number of rotatable bonds is 4. The summed E-state index contributed by atoms with van der Waals surface area (Å²) in [6, 6.07) is 10.0. The molecule has 0 saturated heterocycles. The summed E-state index contributed by atoms with van der Waals surface area (Å²) < 4.78 is 0. The van der Waals surface area contributed by atoms with Crippen molar-refractivity contribution in [2.45, 2.75) is 20.3 Å². The van der Waals surface area contributed by atoms with Gasteiger partial charge in [0.1, 0.15) is 5.82 Å². The Morgan fingerprint density at radius 3 is 2.84 bits per heavy atom. The van der Waals surface area contributed by atoms with Crippen molar-refractivity contribution in [3.63, 3.8) is 0 Å². The van der Waals surface area contributed by atoms with Crippen LogP contribution in [0.15, 0.2) is 36.9 Å². The summed E-state index contributed by atoms with van der Waals surface area (Å²) in [6.45, 7) is 8.00. The summed E-state index contributed by atoms with van der Waals surface area (Å²) in [6.07, 6.45) is 2.68. The molecule has 1 aromatic heterocycles. The van der Waals surface area contributed by atoms with E-state index in [1.165, 1.54) is 11.1 Å². The molecule has 3 nitrogen and oxygen atoms in total. The molecule has 3 heteroatoms. The molecule has 0 bridgehead atoms. The fourth-order valence-electron chi connectivity index (χ4n) is 2.19. The van der Waals surface area contributed by atoms with Gasteiger partial charge in [0.05, 0.1) is 5.69 Å². The summed E-state index contributed by atoms with van der Waals surface area (Å²) in [5.41, 5.74) is 11.2. The molecule has 1 aromatic carbocycles. The maximum atomic E-state index is 5.79. The molecule has 0 saturated carbocycles. The standard InChI is InChI=1S/C16H19N3/c1-4-12-9-13(10-16(17)19-12)18-15-8-6-7-11(3)14(15)5-2/h4,6-10H,1,5H2,2-3H3,(H3,17,18,19). The van der Waals surface area contributed by atoms with Crippen LogP contribution in [0.25, 0.3) is 6.08 Å². The highest BCUT2D eigenvalue weighted by atomic mass is 14.9. The van der Waals surface area contributed by atoms with Crippen LogP contribution >= 0.6 is 0 Å². The second-order valence-corrected chi connectivity index (χ2v) is 4.49. The molecular weight excluding hydrogens is 234 g/mol. The van der Waals surface area contributed by atoms with Gasteiger partial charge in [-0.15, -0.1) is 0 Å². The number of hydrogen-bond acceptors (Lipinski definition) is 3. The summed E-state index contributed by atoms with van der Waals surface area (Å²) in [5, 5.41) is 3.41. The molecule has 2 aromatic rings. The van der Waals surface area contributed by atoms with E-state index in [-0.39, 0.29) is 0 Å². The lowest BCUT2D eigenvalue weighted by atomic mass is 10.0. The van der Waals surface area contributed by atoms with Crippen molar-refractivity contribution >= 4 is 23.3 Å². The monoisotopic (exact) mass is 253 g/mol. The van der Waals surface area contributed by atoms with Gasteiger partial charge >= 0.3 is 0 Å². The second-order valence-electron chi connectivity index (χ2n) is 4.49. The molecule has 0 amide bonds. The Morgan fingerprint density at radius 2 is 2.16 bits per heavy atom. The van der Waals surface area contributed by atoms with Crippen molar-refractivity contribution in [1.82, 2.24) is 4.98 Å². The van der Waals surface area contributed by atoms with Gasteiger partial charge in [0.15, 0.2) is 0 Å². The van der Waals surface area contributed by atoms with Crippen LogP contribution in [-0.4, -0.2) is 4.98 Å². The number of aromatic nitrogens is 1. The third-order valence-electron chi connectivity index (χ3n) is 3.12. The topological polar surface area (TPSA) is 50.9 Å². The van der Waals surface area contributed by atoms with Crippen LogP contribution in [-0.2, 0) is 6.42 Å². The minimum atomic E-state index is 0.491. The Kier molecular flexibility index (Phi) is 3.85. The number of anilines is 3. The van der Waals surface area contributed by atoms with Crippen LogP contribution < -0.4 is 11.1 Å². The van der Waals surface area contributed by atoms with Crippen molar-refractivity contribution in [1.29, 1.82) is 0 Å². The minimum Gasteiger partial charge on any atom is -0.384 e. The van der Waals surface area contributed by atoms with Crippen molar-refractivity contribution in [2.75, 3.05) is 11.1 Å². The fourth-order valence-corrected chi connectivity index (χ4v) is 2.19. The first-order valence-electron chi connectivity index (χ1n) is 6.39. The Balaban J connectivity index is 2.38. The maximum absolute atomic E-state index is 5.79. The second kappa shape index (κ2) is 5.57. The lowest BCUT2D eigenvalue weighted by Crippen LogP contribution is -2.00. The van der Waals surface area contributed by atoms with E-state index in [1.807, 2.05) is 12.1 Å². The number of pyridine rings is 1. The summed E-state index contributed by atoms with van der Waals surface area (Å²) in [5.74, 6) is 0.491. The largest absolute Gasteiger partial charge is 0.384 e. The van der Waals surface area contributed by atoms with Gasteiger partial charge in [-0.2, -0.15) is 0 Å². The van der Waals surface area contributed by atoms with Crippen molar-refractivity contribution in [3.05, 3.63) is 53.7 Å². The molecule has 0 aliphatic carbocycles. The van der Waals surface area contributed by atoms with Crippen LogP contribution in [0, 0.1) is 6.92 Å². The lowest BCUT2D eigenvalue weighted by molar-refractivity contribution is 1.11. The number of benzene rings is 1. The molecular formula is C16H19N3. The average molecular weight is 253 g/mol. The molecule has 0 spiro atoms. The van der Waals surface area contributed by atoms with Crippen LogP contribution in [0.2, 0.25) is 0 Å². The van der Waals surface area contributed by atoms with Gasteiger partial charge in [-0.25, -0.2) is 4.98 Å². The smallest absolute Gasteiger partial charge is 0.126 e. The zero-order chi connectivity index (χ0) is 13.8. The van der Waals surface area contributed by atoms with E-state index in [1.54, 1.807) is 6.08 Å². The first-order valence-corrected chi connectivity index (χ1v) is 6.39. The zero-order valence-corrected chi connectivity index (χ0v) is 11.4. The first kappa shape index (κ1) is 13.1. The fraction of sp³-hybridized carbons (Fsp3) is 0.188. The number of nitrogens with two attached hydrogens (primary N) is 1. The minimum absolute atomic E-state index is 0.491. The number of nitrogens with one attached hydrogen (secondary N) is 1. The highest BCUT2D eigenvalue weighted by Gasteiger charge is 2.05. The SMILES string of the molecule is C=Cc1cc(Nc2cccc(C)c2CC)cc(N)n1. The van der Waals surface area contributed by atoms with Crippen LogP contribution in [0.4, 0.5) is 17.2 Å². The maximum Gasteiger partial charge on any atom is 0.126 e. The van der Waals surface area contributed by atoms with E-state index in [2.05, 4.69) is 48.9 Å². The Morgan fingerprint density at radius 1 is 1.37 bits per heavy atom. The van der Waals surface area contributed by atoms with Crippen molar-refractivity contribution < 1.29 is 0 Å². The molecule has 0 unspecified atom stereocenters. The van der Waals surface area contributed by atoms with E-state index in [4.69, 9.17) is 5.73 Å². The highest BCUT2D eigenvalue weighted by molar-refractivity contribution is 5.68.